The first-order valence-electron chi connectivity index (χ1n) is 5.80. The summed E-state index contributed by atoms with van der Waals surface area (Å²) in [6.45, 7) is 6.54. The lowest BCUT2D eigenvalue weighted by atomic mass is 10.1. The topological polar surface area (TPSA) is 81.4 Å². The maximum atomic E-state index is 10.9. The molecule has 0 aliphatic heterocycles. The van der Waals surface area contributed by atoms with E-state index in [1.54, 1.807) is 6.92 Å². The molecular weight excluding hydrogens is 252 g/mol. The molecule has 1 aromatic rings. The number of hydrogen-bond donors (Lipinski definition) is 2. The minimum Gasteiger partial charge on any atom is -0.493 e. The molecule has 18 heavy (non-hydrogen) atoms. The van der Waals surface area contributed by atoms with Gasteiger partial charge in [-0.25, -0.2) is 5.14 Å². The van der Waals surface area contributed by atoms with Crippen LogP contribution in [0.3, 0.4) is 0 Å². The third-order valence-corrected chi connectivity index (χ3v) is 2.99. The van der Waals surface area contributed by atoms with Crippen LogP contribution in [0, 0.1) is 5.92 Å². The Hall–Kier alpha value is -1.11. The Morgan fingerprint density at radius 1 is 1.22 bits per heavy atom. The minimum atomic E-state index is -3.68. The highest BCUT2D eigenvalue weighted by Crippen LogP contribution is 2.18. The van der Waals surface area contributed by atoms with Crippen LogP contribution in [0.25, 0.3) is 0 Å². The summed E-state index contributed by atoms with van der Waals surface area (Å²) in [4.78, 5) is 0. The third-order valence-electron chi connectivity index (χ3n) is 2.30. The molecule has 3 N–H and O–H groups in total. The standard InChI is InChI=1S/C12H20N2O3S/c1-9(2)8-17-12-6-4-11(5-7-12)10(3)14-18(13,15)16/h4-7,9-10,14H,8H2,1-3H3,(H2,13,15,16)/t10-/m0/s1. The van der Waals surface area contributed by atoms with Gasteiger partial charge >= 0.3 is 0 Å². The van der Waals surface area contributed by atoms with Crippen LogP contribution in [0.5, 0.6) is 5.75 Å². The first-order valence-corrected chi connectivity index (χ1v) is 7.35. The summed E-state index contributed by atoms with van der Waals surface area (Å²) in [6.07, 6.45) is 0. The summed E-state index contributed by atoms with van der Waals surface area (Å²) in [7, 11) is -3.68. The molecule has 0 spiro atoms. The van der Waals surface area contributed by atoms with Gasteiger partial charge in [-0.2, -0.15) is 13.1 Å². The van der Waals surface area contributed by atoms with E-state index in [0.29, 0.717) is 12.5 Å². The fourth-order valence-electron chi connectivity index (χ4n) is 1.43. The summed E-state index contributed by atoms with van der Waals surface area (Å²) < 4.78 is 29.7. The van der Waals surface area contributed by atoms with Crippen LogP contribution in [0.1, 0.15) is 32.4 Å². The summed E-state index contributed by atoms with van der Waals surface area (Å²) in [6, 6.07) is 6.91. The van der Waals surface area contributed by atoms with Gasteiger partial charge in [-0.1, -0.05) is 26.0 Å². The van der Waals surface area contributed by atoms with Gasteiger partial charge in [-0.05, 0) is 30.5 Å². The maximum Gasteiger partial charge on any atom is 0.274 e. The summed E-state index contributed by atoms with van der Waals surface area (Å²) in [5.74, 6) is 1.24. The molecular formula is C12H20N2O3S. The van der Waals surface area contributed by atoms with Crippen LogP contribution >= 0.6 is 0 Å². The molecule has 0 radical (unpaired) electrons. The summed E-state index contributed by atoms with van der Waals surface area (Å²) in [5, 5.41) is 4.92. The van der Waals surface area contributed by atoms with Gasteiger partial charge in [0.1, 0.15) is 5.75 Å². The quantitative estimate of drug-likeness (QED) is 0.825. The number of hydrogen-bond acceptors (Lipinski definition) is 3. The van der Waals surface area contributed by atoms with E-state index in [-0.39, 0.29) is 6.04 Å². The molecule has 102 valence electrons. The number of nitrogens with two attached hydrogens (primary N) is 1. The molecule has 0 saturated carbocycles. The molecule has 0 aliphatic carbocycles. The van der Waals surface area contributed by atoms with Crippen molar-refractivity contribution in [2.24, 2.45) is 11.1 Å². The lowest BCUT2D eigenvalue weighted by molar-refractivity contribution is 0.271. The second kappa shape index (κ2) is 6.17. The molecule has 0 fully saturated rings. The highest BCUT2D eigenvalue weighted by Gasteiger charge is 2.11. The van der Waals surface area contributed by atoms with Crippen LogP contribution in [-0.4, -0.2) is 15.0 Å². The molecule has 6 heteroatoms. The molecule has 0 unspecified atom stereocenters. The van der Waals surface area contributed by atoms with Crippen LogP contribution in [0.2, 0.25) is 0 Å². The van der Waals surface area contributed by atoms with Gasteiger partial charge in [0, 0.05) is 6.04 Å². The SMILES string of the molecule is CC(C)COc1ccc([C@H](C)NS(N)(=O)=O)cc1. The van der Waals surface area contributed by atoms with E-state index in [0.717, 1.165) is 11.3 Å². The van der Waals surface area contributed by atoms with Crippen LogP contribution in [-0.2, 0) is 10.2 Å². The Balaban J connectivity index is 2.65. The van der Waals surface area contributed by atoms with Crippen molar-refractivity contribution < 1.29 is 13.2 Å². The number of rotatable bonds is 6. The van der Waals surface area contributed by atoms with Gasteiger partial charge in [0.2, 0.25) is 0 Å². The Labute approximate surface area is 109 Å². The average Bonchev–Trinajstić information content (AvgIpc) is 2.24. The molecule has 1 aromatic carbocycles. The van der Waals surface area contributed by atoms with Gasteiger partial charge in [-0.15, -0.1) is 0 Å². The van der Waals surface area contributed by atoms with E-state index >= 15 is 0 Å². The summed E-state index contributed by atoms with van der Waals surface area (Å²) in [5.41, 5.74) is 0.834. The van der Waals surface area contributed by atoms with E-state index in [9.17, 15) is 8.42 Å². The molecule has 0 heterocycles. The van der Waals surface area contributed by atoms with Crippen LogP contribution < -0.4 is 14.6 Å². The zero-order valence-electron chi connectivity index (χ0n) is 10.9. The van der Waals surface area contributed by atoms with E-state index in [4.69, 9.17) is 9.88 Å². The zero-order chi connectivity index (χ0) is 13.8. The third kappa shape index (κ3) is 5.48. The maximum absolute atomic E-state index is 10.9. The molecule has 1 rings (SSSR count). The smallest absolute Gasteiger partial charge is 0.274 e. The van der Waals surface area contributed by atoms with Crippen molar-refractivity contribution in [1.82, 2.24) is 4.72 Å². The van der Waals surface area contributed by atoms with Gasteiger partial charge < -0.3 is 4.74 Å². The Bertz CT molecular complexity index is 469. The predicted molar refractivity (Wildman–Crippen MR) is 71.4 cm³/mol. The largest absolute Gasteiger partial charge is 0.493 e. The molecule has 0 aliphatic rings. The first-order chi connectivity index (χ1) is 8.28. The van der Waals surface area contributed by atoms with Crippen LogP contribution in [0.15, 0.2) is 24.3 Å². The highest BCUT2D eigenvalue weighted by atomic mass is 32.2. The van der Waals surface area contributed by atoms with Crippen molar-refractivity contribution in [3.05, 3.63) is 29.8 Å². The molecule has 0 saturated heterocycles. The first kappa shape index (κ1) is 14.9. The van der Waals surface area contributed by atoms with Crippen LogP contribution in [0.4, 0.5) is 0 Å². The monoisotopic (exact) mass is 272 g/mol. The lowest BCUT2D eigenvalue weighted by Gasteiger charge is -2.13. The van der Waals surface area contributed by atoms with E-state index in [1.165, 1.54) is 0 Å². The van der Waals surface area contributed by atoms with Crippen molar-refractivity contribution in [2.75, 3.05) is 6.61 Å². The Kier molecular flexibility index (Phi) is 5.13. The number of benzene rings is 1. The van der Waals surface area contributed by atoms with E-state index in [2.05, 4.69) is 18.6 Å². The highest BCUT2D eigenvalue weighted by molar-refractivity contribution is 7.87. The Morgan fingerprint density at radius 3 is 2.22 bits per heavy atom. The van der Waals surface area contributed by atoms with E-state index < -0.39 is 10.2 Å². The van der Waals surface area contributed by atoms with E-state index in [1.807, 2.05) is 24.3 Å². The number of nitrogens with one attached hydrogen (secondary N) is 1. The molecule has 0 bridgehead atoms. The van der Waals surface area contributed by atoms with Crippen molar-refractivity contribution in [3.8, 4) is 5.75 Å². The summed E-state index contributed by atoms with van der Waals surface area (Å²) >= 11 is 0. The second-order valence-electron chi connectivity index (χ2n) is 4.66. The average molecular weight is 272 g/mol. The molecule has 0 aromatic heterocycles. The van der Waals surface area contributed by atoms with Gasteiger partial charge in [0.05, 0.1) is 6.61 Å². The van der Waals surface area contributed by atoms with Crippen molar-refractivity contribution >= 4 is 10.2 Å². The van der Waals surface area contributed by atoms with Crippen molar-refractivity contribution in [1.29, 1.82) is 0 Å². The second-order valence-corrected chi connectivity index (χ2v) is 5.98. The fourth-order valence-corrected chi connectivity index (χ4v) is 2.06. The Morgan fingerprint density at radius 2 is 1.78 bits per heavy atom. The molecule has 0 amide bonds. The van der Waals surface area contributed by atoms with Gasteiger partial charge in [0.25, 0.3) is 10.2 Å². The molecule has 1 atom stereocenters. The van der Waals surface area contributed by atoms with Crippen molar-refractivity contribution in [3.63, 3.8) is 0 Å². The number of ether oxygens (including phenoxy) is 1. The lowest BCUT2D eigenvalue weighted by Crippen LogP contribution is -2.32. The predicted octanol–water partition coefficient (Wildman–Crippen LogP) is 1.58. The fraction of sp³-hybridized carbons (Fsp3) is 0.500. The van der Waals surface area contributed by atoms with Gasteiger partial charge in [0.15, 0.2) is 0 Å². The molecule has 5 nitrogen and oxygen atoms in total. The van der Waals surface area contributed by atoms with Gasteiger partial charge in [-0.3, -0.25) is 0 Å². The normalized spacial score (nSPS) is 13.6. The minimum absolute atomic E-state index is 0.362. The van der Waals surface area contributed by atoms with Crippen molar-refractivity contribution in [2.45, 2.75) is 26.8 Å². The zero-order valence-corrected chi connectivity index (χ0v) is 11.7.